The Kier molecular flexibility index (Phi) is 6.93. The van der Waals surface area contributed by atoms with Crippen molar-refractivity contribution in [2.45, 2.75) is 36.4 Å². The topological polar surface area (TPSA) is 59.1 Å². The van der Waals surface area contributed by atoms with E-state index in [1.54, 1.807) is 6.20 Å². The van der Waals surface area contributed by atoms with Gasteiger partial charge < -0.3 is 0 Å². The molecule has 1 N–H and O–H groups in total. The average molecular weight is 414 g/mol. The van der Waals surface area contributed by atoms with Crippen molar-refractivity contribution in [3.05, 3.63) is 22.9 Å². The Bertz CT molecular complexity index is 504. The molecule has 1 heterocycles. The van der Waals surface area contributed by atoms with Gasteiger partial charge in [-0.2, -0.15) is 0 Å². The summed E-state index contributed by atoms with van der Waals surface area (Å²) < 4.78 is 27.5. The van der Waals surface area contributed by atoms with Crippen molar-refractivity contribution >= 4 is 41.9 Å². The SMILES string of the molecule is CCC(CC)C(Br)CNS(=O)(=O)c1cncc(Br)c1. The van der Waals surface area contributed by atoms with Crippen molar-refractivity contribution < 1.29 is 8.42 Å². The minimum atomic E-state index is -3.50. The van der Waals surface area contributed by atoms with Gasteiger partial charge in [-0.15, -0.1) is 0 Å². The Morgan fingerprint density at radius 2 is 1.95 bits per heavy atom. The summed E-state index contributed by atoms with van der Waals surface area (Å²) in [5.74, 6) is 0.461. The van der Waals surface area contributed by atoms with E-state index in [2.05, 4.69) is 55.4 Å². The first-order valence-electron chi connectivity index (χ1n) is 6.15. The van der Waals surface area contributed by atoms with E-state index >= 15 is 0 Å². The summed E-state index contributed by atoms with van der Waals surface area (Å²) in [4.78, 5) is 4.18. The van der Waals surface area contributed by atoms with Crippen LogP contribution in [0.4, 0.5) is 0 Å². The number of sulfonamides is 1. The predicted octanol–water partition coefficient (Wildman–Crippen LogP) is 3.32. The summed E-state index contributed by atoms with van der Waals surface area (Å²) in [6, 6.07) is 1.54. The molecule has 1 aromatic rings. The second-order valence-corrected chi connectivity index (χ2v) is 8.14. The molecule has 0 aliphatic heterocycles. The first-order chi connectivity index (χ1) is 8.90. The highest BCUT2D eigenvalue weighted by atomic mass is 79.9. The summed E-state index contributed by atoms with van der Waals surface area (Å²) in [6.07, 6.45) is 4.93. The maximum atomic E-state index is 12.1. The largest absolute Gasteiger partial charge is 0.262 e. The molecule has 108 valence electrons. The monoisotopic (exact) mass is 412 g/mol. The van der Waals surface area contributed by atoms with Gasteiger partial charge >= 0.3 is 0 Å². The van der Waals surface area contributed by atoms with Gasteiger partial charge in [0.25, 0.3) is 0 Å². The second kappa shape index (κ2) is 7.71. The zero-order chi connectivity index (χ0) is 14.5. The molecule has 1 aromatic heterocycles. The number of hydrogen-bond donors (Lipinski definition) is 1. The minimum Gasteiger partial charge on any atom is -0.262 e. The lowest BCUT2D eigenvalue weighted by Gasteiger charge is -2.19. The molecule has 0 saturated carbocycles. The molecule has 0 saturated heterocycles. The molecule has 0 aromatic carbocycles. The van der Waals surface area contributed by atoms with Crippen LogP contribution < -0.4 is 4.72 Å². The van der Waals surface area contributed by atoms with Crippen molar-refractivity contribution in [1.29, 1.82) is 0 Å². The number of pyridine rings is 1. The Hall–Kier alpha value is 0.0200. The highest BCUT2D eigenvalue weighted by Gasteiger charge is 2.20. The molecule has 0 amide bonds. The zero-order valence-electron chi connectivity index (χ0n) is 10.9. The van der Waals surface area contributed by atoms with Crippen molar-refractivity contribution in [2.75, 3.05) is 6.54 Å². The summed E-state index contributed by atoms with van der Waals surface area (Å²) >= 11 is 6.77. The lowest BCUT2D eigenvalue weighted by atomic mass is 10.00. The number of aromatic nitrogens is 1. The predicted molar refractivity (Wildman–Crippen MR) is 83.9 cm³/mol. The van der Waals surface area contributed by atoms with Crippen LogP contribution in [0, 0.1) is 5.92 Å². The first-order valence-corrected chi connectivity index (χ1v) is 9.34. The zero-order valence-corrected chi connectivity index (χ0v) is 14.9. The number of halogens is 2. The fourth-order valence-corrected chi connectivity index (χ4v) is 4.47. The van der Waals surface area contributed by atoms with Crippen LogP contribution in [-0.2, 0) is 10.0 Å². The molecule has 0 bridgehead atoms. The molecule has 1 unspecified atom stereocenters. The maximum Gasteiger partial charge on any atom is 0.242 e. The smallest absolute Gasteiger partial charge is 0.242 e. The Labute approximate surface area is 131 Å². The van der Waals surface area contributed by atoms with Crippen LogP contribution in [0.1, 0.15) is 26.7 Å². The van der Waals surface area contributed by atoms with Crippen LogP contribution in [-0.4, -0.2) is 24.8 Å². The van der Waals surface area contributed by atoms with E-state index in [-0.39, 0.29) is 9.72 Å². The number of nitrogens with one attached hydrogen (secondary N) is 1. The van der Waals surface area contributed by atoms with Gasteiger partial charge in [-0.25, -0.2) is 13.1 Å². The van der Waals surface area contributed by atoms with E-state index in [0.29, 0.717) is 16.9 Å². The summed E-state index contributed by atoms with van der Waals surface area (Å²) in [5.41, 5.74) is 0. The third-order valence-corrected chi connectivity index (χ3v) is 5.91. The molecular formula is C12H18Br2N2O2S. The van der Waals surface area contributed by atoms with Crippen molar-refractivity contribution in [3.8, 4) is 0 Å². The van der Waals surface area contributed by atoms with Gasteiger partial charge in [-0.1, -0.05) is 42.6 Å². The fourth-order valence-electron chi connectivity index (χ4n) is 1.78. The highest BCUT2D eigenvalue weighted by molar-refractivity contribution is 9.10. The van der Waals surface area contributed by atoms with Gasteiger partial charge in [0.15, 0.2) is 0 Å². The molecule has 0 aliphatic carbocycles. The van der Waals surface area contributed by atoms with Gasteiger partial charge in [-0.05, 0) is 27.9 Å². The molecular weight excluding hydrogens is 396 g/mol. The molecule has 7 heteroatoms. The van der Waals surface area contributed by atoms with Crippen molar-refractivity contribution in [3.63, 3.8) is 0 Å². The number of alkyl halides is 1. The van der Waals surface area contributed by atoms with Gasteiger partial charge in [0.2, 0.25) is 10.0 Å². The van der Waals surface area contributed by atoms with Crippen LogP contribution in [0.15, 0.2) is 27.8 Å². The van der Waals surface area contributed by atoms with Gasteiger partial charge in [0.05, 0.1) is 0 Å². The summed E-state index contributed by atoms with van der Waals surface area (Å²) in [5, 5.41) is 0. The van der Waals surface area contributed by atoms with Crippen LogP contribution in [0.25, 0.3) is 0 Å². The molecule has 1 atom stereocenters. The van der Waals surface area contributed by atoms with Crippen LogP contribution in [0.2, 0.25) is 0 Å². The lowest BCUT2D eigenvalue weighted by Crippen LogP contribution is -2.33. The van der Waals surface area contributed by atoms with E-state index in [4.69, 9.17) is 0 Å². The van der Waals surface area contributed by atoms with E-state index in [0.717, 1.165) is 12.8 Å². The maximum absolute atomic E-state index is 12.1. The third-order valence-electron chi connectivity index (χ3n) is 3.02. The van der Waals surface area contributed by atoms with Crippen LogP contribution in [0.5, 0.6) is 0 Å². The van der Waals surface area contributed by atoms with E-state index in [9.17, 15) is 8.42 Å². The van der Waals surface area contributed by atoms with E-state index < -0.39 is 10.0 Å². The standard InChI is InChI=1S/C12H18Br2N2O2S/c1-3-9(4-2)12(14)8-16-19(17,18)11-5-10(13)6-15-7-11/h5-7,9,12,16H,3-4,8H2,1-2H3. The molecule has 19 heavy (non-hydrogen) atoms. The number of nitrogens with zero attached hydrogens (tertiary/aromatic N) is 1. The fraction of sp³-hybridized carbons (Fsp3) is 0.583. The Morgan fingerprint density at radius 1 is 1.32 bits per heavy atom. The molecule has 0 spiro atoms. The third kappa shape index (κ3) is 5.13. The molecule has 1 rings (SSSR count). The van der Waals surface area contributed by atoms with Crippen molar-refractivity contribution in [2.24, 2.45) is 5.92 Å². The number of hydrogen-bond acceptors (Lipinski definition) is 3. The highest BCUT2D eigenvalue weighted by Crippen LogP contribution is 2.20. The van der Waals surface area contributed by atoms with Gasteiger partial charge in [0, 0.05) is 28.2 Å². The molecule has 0 aliphatic rings. The minimum absolute atomic E-state index is 0.136. The van der Waals surface area contributed by atoms with Gasteiger partial charge in [0.1, 0.15) is 4.90 Å². The van der Waals surface area contributed by atoms with Gasteiger partial charge in [-0.3, -0.25) is 4.98 Å². The average Bonchev–Trinajstić information content (AvgIpc) is 2.38. The lowest BCUT2D eigenvalue weighted by molar-refractivity contribution is 0.471. The Balaban J connectivity index is 2.71. The van der Waals surface area contributed by atoms with Crippen molar-refractivity contribution in [1.82, 2.24) is 9.71 Å². The van der Waals surface area contributed by atoms with E-state index in [1.165, 1.54) is 12.3 Å². The molecule has 0 fully saturated rings. The molecule has 4 nitrogen and oxygen atoms in total. The quantitative estimate of drug-likeness (QED) is 0.697. The Morgan fingerprint density at radius 3 is 2.47 bits per heavy atom. The number of rotatable bonds is 7. The normalized spacial score (nSPS) is 13.7. The van der Waals surface area contributed by atoms with Crippen LogP contribution >= 0.6 is 31.9 Å². The van der Waals surface area contributed by atoms with Crippen LogP contribution in [0.3, 0.4) is 0 Å². The summed E-state index contributed by atoms with van der Waals surface area (Å²) in [6.45, 7) is 4.59. The second-order valence-electron chi connectivity index (χ2n) is 4.28. The van der Waals surface area contributed by atoms with E-state index in [1.807, 2.05) is 0 Å². The first kappa shape index (κ1) is 17.1. The summed E-state index contributed by atoms with van der Waals surface area (Å²) in [7, 11) is -3.50. The molecule has 0 radical (unpaired) electrons.